The predicted molar refractivity (Wildman–Crippen MR) is 105 cm³/mol. The van der Waals surface area contributed by atoms with Gasteiger partial charge < -0.3 is 9.47 Å². The molecule has 0 aliphatic heterocycles. The molecule has 0 spiro atoms. The van der Waals surface area contributed by atoms with Crippen molar-refractivity contribution in [3.8, 4) is 0 Å². The standard InChI is InChI=1S/C21H24F3N3O2/c1-14(2)10-17(12-26(3)13-28)16-6-7-18-19(11-16)27(8-9-29-21(22,23)24)20(25-18)15-4-5-15/h6-7,10-13,15H,4-5,8-9H2,1-3H3/b17-12+. The van der Waals surface area contributed by atoms with Crippen LogP contribution in [0.5, 0.6) is 0 Å². The molecular weight excluding hydrogens is 383 g/mol. The van der Waals surface area contributed by atoms with Crippen LogP contribution in [0.1, 0.15) is 44.0 Å². The summed E-state index contributed by atoms with van der Waals surface area (Å²) in [4.78, 5) is 17.1. The first kappa shape index (κ1) is 21.1. The molecular formula is C21H24F3N3O2. The summed E-state index contributed by atoms with van der Waals surface area (Å²) in [7, 11) is 1.65. The summed E-state index contributed by atoms with van der Waals surface area (Å²) in [5.41, 5.74) is 4.24. The van der Waals surface area contributed by atoms with Crippen LogP contribution in [-0.2, 0) is 16.1 Å². The third-order valence-corrected chi connectivity index (χ3v) is 4.59. The van der Waals surface area contributed by atoms with Crippen molar-refractivity contribution in [1.82, 2.24) is 14.5 Å². The minimum Gasteiger partial charge on any atom is -0.325 e. The number of carbonyl (C=O) groups excluding carboxylic acids is 1. The normalized spacial score (nSPS) is 14.9. The van der Waals surface area contributed by atoms with Crippen molar-refractivity contribution in [2.24, 2.45) is 0 Å². The number of nitrogens with zero attached hydrogens (tertiary/aromatic N) is 3. The topological polar surface area (TPSA) is 47.4 Å². The molecule has 0 bridgehead atoms. The fourth-order valence-corrected chi connectivity index (χ4v) is 3.22. The zero-order chi connectivity index (χ0) is 21.2. The minimum absolute atomic E-state index is 0.0707. The lowest BCUT2D eigenvalue weighted by Crippen LogP contribution is -2.18. The van der Waals surface area contributed by atoms with E-state index in [2.05, 4.69) is 9.72 Å². The summed E-state index contributed by atoms with van der Waals surface area (Å²) in [6.07, 6.45) is 1.71. The largest absolute Gasteiger partial charge is 0.522 e. The number of amides is 1. The van der Waals surface area contributed by atoms with E-state index in [1.165, 1.54) is 4.90 Å². The number of rotatable bonds is 8. The molecule has 2 aromatic rings. The van der Waals surface area contributed by atoms with Gasteiger partial charge in [0.05, 0.1) is 17.6 Å². The molecule has 1 aliphatic rings. The summed E-state index contributed by atoms with van der Waals surface area (Å²) >= 11 is 0. The van der Waals surface area contributed by atoms with Gasteiger partial charge in [0, 0.05) is 25.7 Å². The molecule has 0 atom stereocenters. The third kappa shape index (κ3) is 5.47. The number of benzene rings is 1. The Morgan fingerprint density at radius 2 is 2.07 bits per heavy atom. The quantitative estimate of drug-likeness (QED) is 0.464. The molecule has 1 amide bonds. The van der Waals surface area contributed by atoms with Crippen LogP contribution in [0.2, 0.25) is 0 Å². The lowest BCUT2D eigenvalue weighted by atomic mass is 10.0. The third-order valence-electron chi connectivity index (χ3n) is 4.59. The van der Waals surface area contributed by atoms with Gasteiger partial charge in [-0.2, -0.15) is 0 Å². The number of fused-ring (bicyclic) bond motifs is 1. The molecule has 156 valence electrons. The number of hydrogen-bond donors (Lipinski definition) is 0. The van der Waals surface area contributed by atoms with E-state index in [0.29, 0.717) is 6.41 Å². The maximum atomic E-state index is 12.4. The highest BCUT2D eigenvalue weighted by Crippen LogP contribution is 2.41. The predicted octanol–water partition coefficient (Wildman–Crippen LogP) is 4.85. The molecule has 3 rings (SSSR count). The van der Waals surface area contributed by atoms with Gasteiger partial charge in [-0.3, -0.25) is 9.53 Å². The highest BCUT2D eigenvalue weighted by atomic mass is 19.4. The van der Waals surface area contributed by atoms with E-state index in [-0.39, 0.29) is 12.5 Å². The Labute approximate surface area is 167 Å². The van der Waals surface area contributed by atoms with Gasteiger partial charge in [-0.05, 0) is 50.0 Å². The molecule has 1 fully saturated rings. The van der Waals surface area contributed by atoms with Gasteiger partial charge in [-0.15, -0.1) is 13.2 Å². The molecule has 1 aromatic heterocycles. The molecule has 5 nitrogen and oxygen atoms in total. The average Bonchev–Trinajstić information content (AvgIpc) is 3.42. The van der Waals surface area contributed by atoms with Gasteiger partial charge in [0.15, 0.2) is 0 Å². The zero-order valence-corrected chi connectivity index (χ0v) is 16.7. The summed E-state index contributed by atoms with van der Waals surface area (Å²) in [5, 5.41) is 0. The van der Waals surface area contributed by atoms with E-state index in [1.807, 2.05) is 42.7 Å². The van der Waals surface area contributed by atoms with E-state index >= 15 is 0 Å². The zero-order valence-electron chi connectivity index (χ0n) is 16.7. The van der Waals surface area contributed by atoms with Crippen molar-refractivity contribution < 1.29 is 22.7 Å². The van der Waals surface area contributed by atoms with Gasteiger partial charge in [0.1, 0.15) is 5.82 Å². The van der Waals surface area contributed by atoms with Crippen molar-refractivity contribution in [3.63, 3.8) is 0 Å². The highest BCUT2D eigenvalue weighted by molar-refractivity contribution is 5.85. The first-order valence-electron chi connectivity index (χ1n) is 9.43. The smallest absolute Gasteiger partial charge is 0.325 e. The number of hydrogen-bond acceptors (Lipinski definition) is 3. The summed E-state index contributed by atoms with van der Waals surface area (Å²) in [6.45, 7) is 3.51. The van der Waals surface area contributed by atoms with Crippen molar-refractivity contribution in [3.05, 3.63) is 47.4 Å². The van der Waals surface area contributed by atoms with Crippen molar-refractivity contribution in [2.75, 3.05) is 13.7 Å². The number of carbonyl (C=O) groups is 1. The molecule has 0 radical (unpaired) electrons. The number of ether oxygens (including phenoxy) is 1. The van der Waals surface area contributed by atoms with Gasteiger partial charge in [-0.25, -0.2) is 4.98 Å². The maximum Gasteiger partial charge on any atom is 0.522 e. The van der Waals surface area contributed by atoms with Crippen LogP contribution >= 0.6 is 0 Å². The van der Waals surface area contributed by atoms with Gasteiger partial charge >= 0.3 is 6.36 Å². The van der Waals surface area contributed by atoms with Gasteiger partial charge in [0.2, 0.25) is 6.41 Å². The van der Waals surface area contributed by atoms with Crippen LogP contribution in [-0.4, -0.2) is 40.9 Å². The fourth-order valence-electron chi connectivity index (χ4n) is 3.22. The molecule has 8 heteroatoms. The van der Waals surface area contributed by atoms with E-state index in [1.54, 1.807) is 13.2 Å². The Morgan fingerprint density at radius 3 is 2.66 bits per heavy atom. The fraction of sp³-hybridized carbons (Fsp3) is 0.429. The maximum absolute atomic E-state index is 12.4. The second-order valence-corrected chi connectivity index (χ2v) is 7.47. The first-order chi connectivity index (χ1) is 13.7. The average molecular weight is 407 g/mol. The minimum atomic E-state index is -4.65. The first-order valence-corrected chi connectivity index (χ1v) is 9.43. The molecule has 29 heavy (non-hydrogen) atoms. The Hall–Kier alpha value is -2.61. The van der Waals surface area contributed by atoms with E-state index in [4.69, 9.17) is 0 Å². The number of halogens is 3. The highest BCUT2D eigenvalue weighted by Gasteiger charge is 2.31. The number of allylic oxidation sites excluding steroid dienone is 3. The molecule has 0 N–H and O–H groups in total. The van der Waals surface area contributed by atoms with E-state index in [0.717, 1.165) is 46.4 Å². The Bertz CT molecular complexity index is 952. The number of alkyl halides is 3. The summed E-state index contributed by atoms with van der Waals surface area (Å²) < 4.78 is 43.1. The lowest BCUT2D eigenvalue weighted by molar-refractivity contribution is -0.325. The SMILES string of the molecule is CC(C)=C/C(=C\N(C)C=O)c1ccc2nc(C3CC3)n(CCOC(F)(F)F)c2c1. The lowest BCUT2D eigenvalue weighted by Gasteiger charge is -2.12. The number of aromatic nitrogens is 2. The molecule has 0 unspecified atom stereocenters. The van der Waals surface area contributed by atoms with Crippen LogP contribution in [0.4, 0.5) is 13.2 Å². The van der Waals surface area contributed by atoms with Crippen molar-refractivity contribution in [1.29, 1.82) is 0 Å². The van der Waals surface area contributed by atoms with Crippen LogP contribution < -0.4 is 0 Å². The van der Waals surface area contributed by atoms with E-state index in [9.17, 15) is 18.0 Å². The molecule has 1 aromatic carbocycles. The molecule has 1 saturated carbocycles. The van der Waals surface area contributed by atoms with Crippen LogP contribution in [0.3, 0.4) is 0 Å². The monoisotopic (exact) mass is 407 g/mol. The molecule has 0 saturated heterocycles. The number of imidazole rings is 1. The second kappa shape index (κ2) is 8.41. The van der Waals surface area contributed by atoms with E-state index < -0.39 is 13.0 Å². The van der Waals surface area contributed by atoms with Crippen LogP contribution in [0, 0.1) is 0 Å². The molecule has 1 heterocycles. The van der Waals surface area contributed by atoms with Crippen molar-refractivity contribution in [2.45, 2.75) is 45.5 Å². The molecule has 1 aliphatic carbocycles. The van der Waals surface area contributed by atoms with Gasteiger partial charge in [-0.1, -0.05) is 17.7 Å². The van der Waals surface area contributed by atoms with Crippen molar-refractivity contribution >= 4 is 23.0 Å². The van der Waals surface area contributed by atoms with Gasteiger partial charge in [0.25, 0.3) is 0 Å². The Kier molecular flexibility index (Phi) is 6.12. The summed E-state index contributed by atoms with van der Waals surface area (Å²) in [6, 6.07) is 5.68. The van der Waals surface area contributed by atoms with Crippen LogP contribution in [0.25, 0.3) is 16.6 Å². The van der Waals surface area contributed by atoms with Crippen LogP contribution in [0.15, 0.2) is 36.0 Å². The Balaban J connectivity index is 2.02. The Morgan fingerprint density at radius 1 is 1.34 bits per heavy atom. The second-order valence-electron chi connectivity index (χ2n) is 7.47. The summed E-state index contributed by atoms with van der Waals surface area (Å²) in [5.74, 6) is 1.09.